The first-order valence-electron chi connectivity index (χ1n) is 9.69. The SMILES string of the molecule is CCNC(=NCc1ccccc1CN1CCCCC1)NCc1cccs1.I. The number of likely N-dealkylation sites (tertiary alicyclic amines) is 1. The third-order valence-corrected chi connectivity index (χ3v) is 5.60. The van der Waals surface area contributed by atoms with E-state index in [1.807, 2.05) is 0 Å². The minimum absolute atomic E-state index is 0. The summed E-state index contributed by atoms with van der Waals surface area (Å²) in [5.74, 6) is 0.883. The highest BCUT2D eigenvalue weighted by Gasteiger charge is 2.12. The normalized spacial score (nSPS) is 15.2. The van der Waals surface area contributed by atoms with Gasteiger partial charge in [-0.05, 0) is 55.4 Å². The third kappa shape index (κ3) is 7.43. The van der Waals surface area contributed by atoms with Gasteiger partial charge in [0.2, 0.25) is 0 Å². The Morgan fingerprint density at radius 2 is 1.81 bits per heavy atom. The van der Waals surface area contributed by atoms with Crippen LogP contribution in [-0.4, -0.2) is 30.5 Å². The summed E-state index contributed by atoms with van der Waals surface area (Å²) >= 11 is 1.77. The van der Waals surface area contributed by atoms with E-state index in [-0.39, 0.29) is 24.0 Å². The molecular formula is C21H31IN4S. The molecule has 2 N–H and O–H groups in total. The molecule has 1 aromatic heterocycles. The summed E-state index contributed by atoms with van der Waals surface area (Å²) in [4.78, 5) is 8.71. The maximum absolute atomic E-state index is 4.82. The van der Waals surface area contributed by atoms with Crippen LogP contribution in [0, 0.1) is 0 Å². The molecule has 2 aromatic rings. The zero-order valence-corrected chi connectivity index (χ0v) is 19.3. The molecule has 1 aliphatic heterocycles. The zero-order chi connectivity index (χ0) is 18.0. The van der Waals surface area contributed by atoms with Crippen LogP contribution in [0.2, 0.25) is 0 Å². The first kappa shape index (κ1) is 22.2. The molecule has 0 spiro atoms. The van der Waals surface area contributed by atoms with E-state index in [0.717, 1.165) is 25.6 Å². The topological polar surface area (TPSA) is 39.7 Å². The summed E-state index contributed by atoms with van der Waals surface area (Å²) in [5, 5.41) is 8.89. The number of hydrogen-bond donors (Lipinski definition) is 2. The lowest BCUT2D eigenvalue weighted by molar-refractivity contribution is 0.220. The Bertz CT molecular complexity index is 681. The lowest BCUT2D eigenvalue weighted by atomic mass is 10.1. The maximum atomic E-state index is 4.82. The summed E-state index contributed by atoms with van der Waals surface area (Å²) in [7, 11) is 0. The molecule has 148 valence electrons. The van der Waals surface area contributed by atoms with E-state index in [1.54, 1.807) is 11.3 Å². The molecule has 0 aliphatic carbocycles. The molecule has 0 saturated carbocycles. The fourth-order valence-electron chi connectivity index (χ4n) is 3.31. The van der Waals surface area contributed by atoms with Gasteiger partial charge in [0.05, 0.1) is 13.1 Å². The lowest BCUT2D eigenvalue weighted by Gasteiger charge is -2.27. The molecule has 1 saturated heterocycles. The number of benzene rings is 1. The van der Waals surface area contributed by atoms with Crippen molar-refractivity contribution in [3.63, 3.8) is 0 Å². The Morgan fingerprint density at radius 3 is 2.52 bits per heavy atom. The highest BCUT2D eigenvalue weighted by molar-refractivity contribution is 14.0. The summed E-state index contributed by atoms with van der Waals surface area (Å²) < 4.78 is 0. The third-order valence-electron chi connectivity index (χ3n) is 4.72. The van der Waals surface area contributed by atoms with Crippen LogP contribution in [0.25, 0.3) is 0 Å². The van der Waals surface area contributed by atoms with Crippen LogP contribution in [-0.2, 0) is 19.6 Å². The van der Waals surface area contributed by atoms with Gasteiger partial charge in [0.25, 0.3) is 0 Å². The van der Waals surface area contributed by atoms with Gasteiger partial charge in [-0.3, -0.25) is 4.90 Å². The van der Waals surface area contributed by atoms with Gasteiger partial charge in [-0.15, -0.1) is 35.3 Å². The van der Waals surface area contributed by atoms with Gasteiger partial charge in [-0.2, -0.15) is 0 Å². The van der Waals surface area contributed by atoms with Gasteiger partial charge in [0.15, 0.2) is 5.96 Å². The molecule has 0 atom stereocenters. The van der Waals surface area contributed by atoms with Crippen LogP contribution in [0.4, 0.5) is 0 Å². The Morgan fingerprint density at radius 1 is 1.04 bits per heavy atom. The van der Waals surface area contributed by atoms with Crippen LogP contribution in [0.1, 0.15) is 42.2 Å². The van der Waals surface area contributed by atoms with E-state index in [4.69, 9.17) is 4.99 Å². The van der Waals surface area contributed by atoms with E-state index in [0.29, 0.717) is 6.54 Å². The Hall–Kier alpha value is -1.12. The second-order valence-corrected chi connectivity index (χ2v) is 7.77. The number of nitrogens with one attached hydrogen (secondary N) is 2. The van der Waals surface area contributed by atoms with Crippen molar-refractivity contribution in [1.29, 1.82) is 0 Å². The molecule has 6 heteroatoms. The lowest BCUT2D eigenvalue weighted by Crippen LogP contribution is -2.36. The number of hydrogen-bond acceptors (Lipinski definition) is 3. The number of guanidine groups is 1. The summed E-state index contributed by atoms with van der Waals surface area (Å²) in [6.07, 6.45) is 4.04. The maximum Gasteiger partial charge on any atom is 0.191 e. The number of halogens is 1. The average Bonchev–Trinajstić information content (AvgIpc) is 3.19. The molecule has 0 unspecified atom stereocenters. The van der Waals surface area contributed by atoms with Gasteiger partial charge in [-0.1, -0.05) is 36.8 Å². The van der Waals surface area contributed by atoms with Crippen molar-refractivity contribution in [2.75, 3.05) is 19.6 Å². The second kappa shape index (κ2) is 12.4. The van der Waals surface area contributed by atoms with Crippen molar-refractivity contribution in [3.05, 3.63) is 57.8 Å². The standard InChI is InChI=1S/C21H30N4S.HI/c1-2-22-21(24-16-20-11-8-14-26-20)23-15-18-9-4-5-10-19(18)17-25-12-6-3-7-13-25;/h4-5,8-11,14H,2-3,6-7,12-13,15-17H2,1H3,(H2,22,23,24);1H. The van der Waals surface area contributed by atoms with E-state index < -0.39 is 0 Å². The van der Waals surface area contributed by atoms with Crippen molar-refractivity contribution in [2.24, 2.45) is 4.99 Å². The van der Waals surface area contributed by atoms with E-state index in [2.05, 4.69) is 64.2 Å². The number of rotatable bonds is 7. The minimum atomic E-state index is 0. The molecule has 4 nitrogen and oxygen atoms in total. The summed E-state index contributed by atoms with van der Waals surface area (Å²) in [6, 6.07) is 13.0. The molecule has 1 aromatic carbocycles. The van der Waals surface area contributed by atoms with Crippen molar-refractivity contribution in [1.82, 2.24) is 15.5 Å². The van der Waals surface area contributed by atoms with Crippen molar-refractivity contribution < 1.29 is 0 Å². The predicted octanol–water partition coefficient (Wildman–Crippen LogP) is 4.61. The van der Waals surface area contributed by atoms with E-state index >= 15 is 0 Å². The van der Waals surface area contributed by atoms with Gasteiger partial charge < -0.3 is 10.6 Å². The molecule has 1 fully saturated rings. The van der Waals surface area contributed by atoms with Gasteiger partial charge in [-0.25, -0.2) is 4.99 Å². The number of piperidine rings is 1. The minimum Gasteiger partial charge on any atom is -0.357 e. The summed E-state index contributed by atoms with van der Waals surface area (Å²) in [5.41, 5.74) is 2.73. The fourth-order valence-corrected chi connectivity index (χ4v) is 3.96. The van der Waals surface area contributed by atoms with Crippen LogP contribution in [0.5, 0.6) is 0 Å². The monoisotopic (exact) mass is 498 g/mol. The fraction of sp³-hybridized carbons (Fsp3) is 0.476. The molecule has 3 rings (SSSR count). The Kier molecular flexibility index (Phi) is 10.2. The second-order valence-electron chi connectivity index (χ2n) is 6.73. The molecule has 2 heterocycles. The quantitative estimate of drug-likeness (QED) is 0.333. The van der Waals surface area contributed by atoms with Gasteiger partial charge in [0, 0.05) is 18.0 Å². The van der Waals surface area contributed by atoms with Gasteiger partial charge >= 0.3 is 0 Å². The van der Waals surface area contributed by atoms with Gasteiger partial charge in [0.1, 0.15) is 0 Å². The first-order valence-corrected chi connectivity index (χ1v) is 10.6. The molecule has 1 aliphatic rings. The van der Waals surface area contributed by atoms with Crippen LogP contribution in [0.15, 0.2) is 46.8 Å². The number of thiophene rings is 1. The molecule has 0 amide bonds. The molecular weight excluding hydrogens is 467 g/mol. The Balaban J connectivity index is 0.00000261. The van der Waals surface area contributed by atoms with Crippen LogP contribution < -0.4 is 10.6 Å². The highest BCUT2D eigenvalue weighted by atomic mass is 127. The molecule has 27 heavy (non-hydrogen) atoms. The zero-order valence-electron chi connectivity index (χ0n) is 16.1. The van der Waals surface area contributed by atoms with Crippen molar-refractivity contribution >= 4 is 41.3 Å². The first-order chi connectivity index (χ1) is 12.8. The highest BCUT2D eigenvalue weighted by Crippen LogP contribution is 2.17. The Labute approximate surface area is 184 Å². The van der Waals surface area contributed by atoms with Crippen molar-refractivity contribution in [3.8, 4) is 0 Å². The molecule has 0 bridgehead atoms. The number of aliphatic imine (C=N–C) groups is 1. The van der Waals surface area contributed by atoms with Crippen LogP contribution >= 0.6 is 35.3 Å². The molecule has 0 radical (unpaired) electrons. The smallest absolute Gasteiger partial charge is 0.191 e. The van der Waals surface area contributed by atoms with E-state index in [1.165, 1.54) is 48.4 Å². The van der Waals surface area contributed by atoms with Crippen LogP contribution in [0.3, 0.4) is 0 Å². The average molecular weight is 498 g/mol. The predicted molar refractivity (Wildman–Crippen MR) is 127 cm³/mol. The van der Waals surface area contributed by atoms with Crippen molar-refractivity contribution in [2.45, 2.75) is 45.8 Å². The summed E-state index contributed by atoms with van der Waals surface area (Å²) in [6.45, 7) is 8.00. The number of nitrogens with zero attached hydrogens (tertiary/aromatic N) is 2. The van der Waals surface area contributed by atoms with E-state index in [9.17, 15) is 0 Å². The largest absolute Gasteiger partial charge is 0.357 e.